The van der Waals surface area contributed by atoms with Gasteiger partial charge in [-0.25, -0.2) is 0 Å². The van der Waals surface area contributed by atoms with Gasteiger partial charge in [0.1, 0.15) is 0 Å². The van der Waals surface area contributed by atoms with Crippen molar-refractivity contribution >= 4 is 33.4 Å². The maximum atomic E-state index is 12.2. The highest BCUT2D eigenvalue weighted by atomic mass is 79.9. The first kappa shape index (κ1) is 14.9. The minimum Gasteiger partial charge on any atom is -0.349 e. The molecule has 1 amide bonds. The molecule has 2 nitrogen and oxygen atoms in total. The summed E-state index contributed by atoms with van der Waals surface area (Å²) in [5, 5.41) is 3.68. The molecule has 1 aromatic rings. The molecule has 1 aliphatic rings. The minimum atomic E-state index is -0.0405. The molecule has 4 heteroatoms. The Kier molecular flexibility index (Phi) is 5.28. The van der Waals surface area contributed by atoms with E-state index < -0.39 is 0 Å². The molecule has 104 valence electrons. The van der Waals surface area contributed by atoms with Gasteiger partial charge >= 0.3 is 0 Å². The van der Waals surface area contributed by atoms with Gasteiger partial charge in [0, 0.05) is 21.1 Å². The molecular formula is C15H19BrClNO. The molecule has 1 fully saturated rings. The van der Waals surface area contributed by atoms with Crippen LogP contribution >= 0.6 is 27.5 Å². The molecule has 1 saturated carbocycles. The molecule has 19 heavy (non-hydrogen) atoms. The van der Waals surface area contributed by atoms with Crippen LogP contribution in [0.2, 0.25) is 5.02 Å². The highest BCUT2D eigenvalue weighted by molar-refractivity contribution is 9.10. The van der Waals surface area contributed by atoms with Crippen molar-refractivity contribution in [2.45, 2.75) is 45.1 Å². The molecule has 1 unspecified atom stereocenters. The van der Waals surface area contributed by atoms with Crippen molar-refractivity contribution in [3.8, 4) is 0 Å². The molecule has 1 atom stereocenters. The predicted molar refractivity (Wildman–Crippen MR) is 82.7 cm³/mol. The second-order valence-electron chi connectivity index (χ2n) is 5.32. The monoisotopic (exact) mass is 343 g/mol. The number of amides is 1. The summed E-state index contributed by atoms with van der Waals surface area (Å²) < 4.78 is 0.829. The number of hydrogen-bond donors (Lipinski definition) is 1. The van der Waals surface area contributed by atoms with Crippen LogP contribution in [-0.2, 0) is 0 Å². The smallest absolute Gasteiger partial charge is 0.251 e. The Bertz CT molecular complexity index is 437. The molecule has 0 bridgehead atoms. The van der Waals surface area contributed by atoms with E-state index in [1.165, 1.54) is 32.1 Å². The Labute approximate surface area is 128 Å². The lowest BCUT2D eigenvalue weighted by Gasteiger charge is -2.28. The number of hydrogen-bond acceptors (Lipinski definition) is 1. The van der Waals surface area contributed by atoms with E-state index >= 15 is 0 Å². The fourth-order valence-electron chi connectivity index (χ4n) is 2.73. The van der Waals surface area contributed by atoms with E-state index in [2.05, 4.69) is 28.2 Å². The zero-order valence-corrected chi connectivity index (χ0v) is 13.4. The second kappa shape index (κ2) is 6.76. The van der Waals surface area contributed by atoms with Crippen molar-refractivity contribution in [3.63, 3.8) is 0 Å². The van der Waals surface area contributed by atoms with Crippen LogP contribution in [-0.4, -0.2) is 11.9 Å². The van der Waals surface area contributed by atoms with Crippen LogP contribution in [0, 0.1) is 5.92 Å². The summed E-state index contributed by atoms with van der Waals surface area (Å²) in [7, 11) is 0. The van der Waals surface area contributed by atoms with Gasteiger partial charge in [0.2, 0.25) is 0 Å². The highest BCUT2D eigenvalue weighted by Crippen LogP contribution is 2.26. The van der Waals surface area contributed by atoms with Gasteiger partial charge in [-0.15, -0.1) is 0 Å². The Balaban J connectivity index is 1.99. The van der Waals surface area contributed by atoms with Gasteiger partial charge in [-0.2, -0.15) is 0 Å². The van der Waals surface area contributed by atoms with Crippen LogP contribution in [0.15, 0.2) is 22.7 Å². The van der Waals surface area contributed by atoms with Crippen LogP contribution in [0.5, 0.6) is 0 Å². The molecule has 0 spiro atoms. The van der Waals surface area contributed by atoms with Gasteiger partial charge in [-0.3, -0.25) is 4.79 Å². The third-order valence-corrected chi connectivity index (χ3v) is 4.52. The van der Waals surface area contributed by atoms with E-state index in [0.29, 0.717) is 16.5 Å². The van der Waals surface area contributed by atoms with Crippen LogP contribution < -0.4 is 5.32 Å². The van der Waals surface area contributed by atoms with E-state index in [1.54, 1.807) is 18.2 Å². The Hall–Kier alpha value is -0.540. The van der Waals surface area contributed by atoms with Gasteiger partial charge < -0.3 is 5.32 Å². The molecule has 1 aliphatic carbocycles. The zero-order valence-electron chi connectivity index (χ0n) is 11.1. The van der Waals surface area contributed by atoms with Crippen LogP contribution in [0.25, 0.3) is 0 Å². The molecule has 0 aliphatic heterocycles. The first-order valence-electron chi connectivity index (χ1n) is 6.83. The number of rotatable bonds is 3. The summed E-state index contributed by atoms with van der Waals surface area (Å²) >= 11 is 9.33. The molecule has 0 aromatic heterocycles. The molecule has 0 heterocycles. The molecule has 1 N–H and O–H groups in total. The van der Waals surface area contributed by atoms with Crippen LogP contribution in [0.1, 0.15) is 49.4 Å². The lowest BCUT2D eigenvalue weighted by atomic mass is 9.84. The fourth-order valence-corrected chi connectivity index (χ4v) is 3.59. The lowest BCUT2D eigenvalue weighted by Crippen LogP contribution is -2.38. The van der Waals surface area contributed by atoms with Gasteiger partial charge in [0.25, 0.3) is 5.91 Å². The van der Waals surface area contributed by atoms with E-state index in [4.69, 9.17) is 11.6 Å². The Morgan fingerprint density at radius 1 is 1.32 bits per heavy atom. The fraction of sp³-hybridized carbons (Fsp3) is 0.533. The van der Waals surface area contributed by atoms with Crippen molar-refractivity contribution in [1.82, 2.24) is 5.32 Å². The molecule has 0 saturated heterocycles. The number of halogens is 2. The molecule has 1 aromatic carbocycles. The number of carbonyl (C=O) groups is 1. The number of nitrogens with one attached hydrogen (secondary N) is 1. The first-order valence-corrected chi connectivity index (χ1v) is 8.00. The third-order valence-electron chi connectivity index (χ3n) is 3.84. The predicted octanol–water partition coefficient (Wildman–Crippen LogP) is 4.80. The van der Waals surface area contributed by atoms with E-state index in [0.717, 1.165) is 4.47 Å². The zero-order chi connectivity index (χ0) is 13.8. The van der Waals surface area contributed by atoms with Crippen molar-refractivity contribution in [1.29, 1.82) is 0 Å². The lowest BCUT2D eigenvalue weighted by molar-refractivity contribution is 0.0919. The van der Waals surface area contributed by atoms with Crippen LogP contribution in [0.3, 0.4) is 0 Å². The van der Waals surface area contributed by atoms with Gasteiger partial charge in [-0.05, 0) is 43.9 Å². The quantitative estimate of drug-likeness (QED) is 0.838. The average molecular weight is 345 g/mol. The summed E-state index contributed by atoms with van der Waals surface area (Å²) in [5.74, 6) is 0.571. The van der Waals surface area contributed by atoms with Gasteiger partial charge in [0.05, 0.1) is 0 Å². The molecular weight excluding hydrogens is 326 g/mol. The van der Waals surface area contributed by atoms with Gasteiger partial charge in [0.15, 0.2) is 0 Å². The van der Waals surface area contributed by atoms with Gasteiger partial charge in [-0.1, -0.05) is 46.8 Å². The van der Waals surface area contributed by atoms with E-state index in [9.17, 15) is 4.79 Å². The molecule has 0 radical (unpaired) electrons. The Morgan fingerprint density at radius 3 is 2.63 bits per heavy atom. The van der Waals surface area contributed by atoms with Crippen molar-refractivity contribution < 1.29 is 4.79 Å². The third kappa shape index (κ3) is 4.22. The maximum Gasteiger partial charge on any atom is 0.251 e. The average Bonchev–Trinajstić information content (AvgIpc) is 2.38. The SMILES string of the molecule is CC(NC(=O)c1cc(Cl)cc(Br)c1)C1CCCCC1. The summed E-state index contributed by atoms with van der Waals surface area (Å²) in [5.41, 5.74) is 0.613. The van der Waals surface area contributed by atoms with E-state index in [1.807, 2.05) is 0 Å². The van der Waals surface area contributed by atoms with E-state index in [-0.39, 0.29) is 11.9 Å². The maximum absolute atomic E-state index is 12.2. The largest absolute Gasteiger partial charge is 0.349 e. The number of carbonyl (C=O) groups excluding carboxylic acids is 1. The first-order chi connectivity index (χ1) is 9.06. The summed E-state index contributed by atoms with van der Waals surface area (Å²) in [6.07, 6.45) is 6.35. The van der Waals surface area contributed by atoms with Crippen molar-refractivity contribution in [2.24, 2.45) is 5.92 Å². The summed E-state index contributed by atoms with van der Waals surface area (Å²) in [6.45, 7) is 2.10. The summed E-state index contributed by atoms with van der Waals surface area (Å²) in [6, 6.07) is 5.51. The number of benzene rings is 1. The summed E-state index contributed by atoms with van der Waals surface area (Å²) in [4.78, 5) is 12.2. The highest BCUT2D eigenvalue weighted by Gasteiger charge is 2.22. The standard InChI is InChI=1S/C15H19BrClNO/c1-10(11-5-3-2-4-6-11)18-15(19)12-7-13(16)9-14(17)8-12/h7-11H,2-6H2,1H3,(H,18,19). The Morgan fingerprint density at radius 2 is 2.00 bits per heavy atom. The van der Waals surface area contributed by atoms with Crippen LogP contribution in [0.4, 0.5) is 0 Å². The van der Waals surface area contributed by atoms with Crippen molar-refractivity contribution in [3.05, 3.63) is 33.3 Å². The van der Waals surface area contributed by atoms with Crippen molar-refractivity contribution in [2.75, 3.05) is 0 Å². The minimum absolute atomic E-state index is 0.0405. The normalized spacial score (nSPS) is 18.1. The topological polar surface area (TPSA) is 29.1 Å². The molecule has 2 rings (SSSR count). The second-order valence-corrected chi connectivity index (χ2v) is 6.67.